The highest BCUT2D eigenvalue weighted by Gasteiger charge is 2.35. The van der Waals surface area contributed by atoms with Crippen LogP contribution >= 0.6 is 0 Å². The molecule has 1 fully saturated rings. The lowest BCUT2D eigenvalue weighted by Crippen LogP contribution is -2.52. The fraction of sp³-hybridized carbons (Fsp3) is 0.929. The van der Waals surface area contributed by atoms with Gasteiger partial charge in [-0.3, -0.25) is 4.79 Å². The van der Waals surface area contributed by atoms with Crippen LogP contribution in [0.5, 0.6) is 0 Å². The first kappa shape index (κ1) is 15.4. The minimum Gasteiger partial charge on any atom is -0.341 e. The van der Waals surface area contributed by atoms with Crippen molar-refractivity contribution in [2.45, 2.75) is 45.6 Å². The highest BCUT2D eigenvalue weighted by atomic mass is 16.2. The molecule has 1 aliphatic rings. The highest BCUT2D eigenvalue weighted by Crippen LogP contribution is 2.21. The van der Waals surface area contributed by atoms with E-state index in [0.29, 0.717) is 5.92 Å². The molecule has 1 rings (SSSR count). The molecule has 1 heterocycles. The Morgan fingerprint density at radius 3 is 2.72 bits per heavy atom. The van der Waals surface area contributed by atoms with Crippen molar-refractivity contribution in [3.8, 4) is 0 Å². The molecule has 18 heavy (non-hydrogen) atoms. The normalized spacial score (nSPS) is 23.4. The predicted octanol–water partition coefficient (Wildman–Crippen LogP) is 1.30. The molecule has 2 N–H and O–H groups in total. The van der Waals surface area contributed by atoms with Crippen molar-refractivity contribution in [1.29, 1.82) is 0 Å². The molecule has 1 amide bonds. The minimum atomic E-state index is -0.680. The molecule has 0 aromatic rings. The van der Waals surface area contributed by atoms with Gasteiger partial charge in [-0.2, -0.15) is 0 Å². The first-order chi connectivity index (χ1) is 8.40. The zero-order chi connectivity index (χ0) is 13.8. The van der Waals surface area contributed by atoms with E-state index in [9.17, 15) is 4.79 Å². The van der Waals surface area contributed by atoms with E-state index in [0.717, 1.165) is 45.4 Å². The minimum absolute atomic E-state index is 0.131. The molecular formula is C14H29N3O. The van der Waals surface area contributed by atoms with Gasteiger partial charge in [0.15, 0.2) is 0 Å². The summed E-state index contributed by atoms with van der Waals surface area (Å²) < 4.78 is 0. The summed E-state index contributed by atoms with van der Waals surface area (Å²) in [5.74, 6) is 0.738. The molecule has 0 radical (unpaired) electrons. The Morgan fingerprint density at radius 2 is 2.17 bits per heavy atom. The van der Waals surface area contributed by atoms with Gasteiger partial charge in [0.05, 0.1) is 5.54 Å². The number of hydrogen-bond donors (Lipinski definition) is 1. The first-order valence-electron chi connectivity index (χ1n) is 7.17. The van der Waals surface area contributed by atoms with Crippen LogP contribution in [-0.4, -0.2) is 54.5 Å². The number of nitrogens with two attached hydrogens (primary N) is 1. The molecule has 4 nitrogen and oxygen atoms in total. The molecule has 4 heteroatoms. The number of nitrogens with zero attached hydrogens (tertiary/aromatic N) is 2. The Balaban J connectivity index is 2.48. The van der Waals surface area contributed by atoms with Crippen LogP contribution in [0, 0.1) is 5.92 Å². The second-order valence-corrected chi connectivity index (χ2v) is 5.93. The number of carbonyl (C=O) groups excluding carboxylic acids is 1. The molecule has 0 spiro atoms. The van der Waals surface area contributed by atoms with Gasteiger partial charge in [-0.1, -0.05) is 20.3 Å². The second-order valence-electron chi connectivity index (χ2n) is 5.93. The fourth-order valence-electron chi connectivity index (χ4n) is 2.72. The Hall–Kier alpha value is -0.610. The van der Waals surface area contributed by atoms with Gasteiger partial charge in [0, 0.05) is 19.6 Å². The van der Waals surface area contributed by atoms with Crippen molar-refractivity contribution in [3.05, 3.63) is 0 Å². The number of likely N-dealkylation sites (tertiary alicyclic amines) is 1. The van der Waals surface area contributed by atoms with Gasteiger partial charge in [-0.25, -0.2) is 0 Å². The topological polar surface area (TPSA) is 49.6 Å². The molecule has 0 aromatic carbocycles. The highest BCUT2D eigenvalue weighted by molar-refractivity contribution is 5.85. The van der Waals surface area contributed by atoms with Crippen LogP contribution in [0.25, 0.3) is 0 Å². The predicted molar refractivity (Wildman–Crippen MR) is 75.4 cm³/mol. The SMILES string of the molecule is CCCC(C)(N)C(=O)N1CCC(CN(C)CC)C1. The van der Waals surface area contributed by atoms with Crippen LogP contribution in [0.2, 0.25) is 0 Å². The molecule has 1 aliphatic heterocycles. The third-order valence-electron chi connectivity index (χ3n) is 3.94. The van der Waals surface area contributed by atoms with Gasteiger partial charge < -0.3 is 15.5 Å². The van der Waals surface area contributed by atoms with Gasteiger partial charge in [0.2, 0.25) is 5.91 Å². The number of rotatable bonds is 6. The maximum atomic E-state index is 12.3. The monoisotopic (exact) mass is 255 g/mol. The quantitative estimate of drug-likeness (QED) is 0.778. The average Bonchev–Trinajstić information content (AvgIpc) is 2.76. The van der Waals surface area contributed by atoms with Gasteiger partial charge in [0.25, 0.3) is 0 Å². The first-order valence-corrected chi connectivity index (χ1v) is 7.17. The molecule has 106 valence electrons. The Labute approximate surface area is 111 Å². The number of carbonyl (C=O) groups is 1. The van der Waals surface area contributed by atoms with Crippen molar-refractivity contribution < 1.29 is 4.79 Å². The third kappa shape index (κ3) is 3.95. The smallest absolute Gasteiger partial charge is 0.242 e. The molecule has 2 atom stereocenters. The second kappa shape index (κ2) is 6.53. The van der Waals surface area contributed by atoms with Crippen molar-refractivity contribution in [3.63, 3.8) is 0 Å². The maximum absolute atomic E-state index is 12.3. The number of amides is 1. The van der Waals surface area contributed by atoms with Crippen LogP contribution in [-0.2, 0) is 4.79 Å². The molecule has 0 bridgehead atoms. The summed E-state index contributed by atoms with van der Waals surface area (Å²) in [5, 5.41) is 0. The van der Waals surface area contributed by atoms with Crippen LogP contribution in [0.15, 0.2) is 0 Å². The average molecular weight is 255 g/mol. The lowest BCUT2D eigenvalue weighted by molar-refractivity contribution is -0.135. The third-order valence-corrected chi connectivity index (χ3v) is 3.94. The lowest BCUT2D eigenvalue weighted by atomic mass is 9.96. The Kier molecular flexibility index (Phi) is 5.60. The van der Waals surface area contributed by atoms with Crippen molar-refractivity contribution in [2.75, 3.05) is 33.2 Å². The van der Waals surface area contributed by atoms with Crippen molar-refractivity contribution >= 4 is 5.91 Å². The van der Waals surface area contributed by atoms with E-state index in [-0.39, 0.29) is 5.91 Å². The van der Waals surface area contributed by atoms with Crippen LogP contribution in [0.1, 0.15) is 40.0 Å². The summed E-state index contributed by atoms with van der Waals surface area (Å²) in [6.07, 6.45) is 2.83. The van der Waals surface area contributed by atoms with E-state index in [1.807, 2.05) is 11.8 Å². The van der Waals surface area contributed by atoms with Gasteiger partial charge in [-0.05, 0) is 39.3 Å². The summed E-state index contributed by atoms with van der Waals surface area (Å²) in [4.78, 5) is 16.6. The van der Waals surface area contributed by atoms with E-state index in [1.54, 1.807) is 0 Å². The maximum Gasteiger partial charge on any atom is 0.242 e. The molecule has 0 aromatic heterocycles. The summed E-state index contributed by atoms with van der Waals surface area (Å²) in [7, 11) is 2.13. The van der Waals surface area contributed by atoms with E-state index in [2.05, 4.69) is 25.8 Å². The van der Waals surface area contributed by atoms with E-state index >= 15 is 0 Å². The summed E-state index contributed by atoms with van der Waals surface area (Å²) in [6.45, 7) is 9.99. The van der Waals surface area contributed by atoms with E-state index in [1.165, 1.54) is 0 Å². The molecule has 0 saturated carbocycles. The van der Waals surface area contributed by atoms with Gasteiger partial charge in [-0.15, -0.1) is 0 Å². The zero-order valence-electron chi connectivity index (χ0n) is 12.4. The number of hydrogen-bond acceptors (Lipinski definition) is 3. The molecule has 1 saturated heterocycles. The lowest BCUT2D eigenvalue weighted by Gasteiger charge is -2.29. The fourth-order valence-corrected chi connectivity index (χ4v) is 2.72. The van der Waals surface area contributed by atoms with Crippen LogP contribution in [0.4, 0.5) is 0 Å². The summed E-state index contributed by atoms with van der Waals surface area (Å²) in [6, 6.07) is 0. The molecule has 0 aliphatic carbocycles. The summed E-state index contributed by atoms with van der Waals surface area (Å²) >= 11 is 0. The van der Waals surface area contributed by atoms with Crippen molar-refractivity contribution in [2.24, 2.45) is 11.7 Å². The largest absolute Gasteiger partial charge is 0.341 e. The molecule has 2 unspecified atom stereocenters. The van der Waals surface area contributed by atoms with Crippen molar-refractivity contribution in [1.82, 2.24) is 9.80 Å². The van der Waals surface area contributed by atoms with Crippen LogP contribution < -0.4 is 5.73 Å². The van der Waals surface area contributed by atoms with Crippen LogP contribution in [0.3, 0.4) is 0 Å². The van der Waals surface area contributed by atoms with E-state index < -0.39 is 5.54 Å². The molecular weight excluding hydrogens is 226 g/mol. The Bertz CT molecular complexity index is 278. The van der Waals surface area contributed by atoms with Gasteiger partial charge >= 0.3 is 0 Å². The standard InChI is InChI=1S/C14H29N3O/c1-5-8-14(3,15)13(18)17-9-7-12(11-17)10-16(4)6-2/h12H,5-11,15H2,1-4H3. The summed E-state index contributed by atoms with van der Waals surface area (Å²) in [5.41, 5.74) is 5.44. The zero-order valence-corrected chi connectivity index (χ0v) is 12.4. The van der Waals surface area contributed by atoms with E-state index in [4.69, 9.17) is 5.73 Å². The Morgan fingerprint density at radius 1 is 1.50 bits per heavy atom. The van der Waals surface area contributed by atoms with Gasteiger partial charge in [0.1, 0.15) is 0 Å².